The summed E-state index contributed by atoms with van der Waals surface area (Å²) in [6.07, 6.45) is 3.57. The third-order valence-corrected chi connectivity index (χ3v) is 3.78. The monoisotopic (exact) mass is 294 g/mol. The van der Waals surface area contributed by atoms with Gasteiger partial charge in [0.15, 0.2) is 0 Å². The molecule has 0 spiro atoms. The number of anilines is 1. The first-order valence-electron chi connectivity index (χ1n) is 6.91. The van der Waals surface area contributed by atoms with Crippen LogP contribution in [0.4, 0.5) is 5.69 Å². The second-order valence-corrected chi connectivity index (χ2v) is 5.18. The molecule has 0 saturated heterocycles. The number of H-pyrrole nitrogens is 2. The molecule has 2 aromatic heterocycles. The molecule has 1 amide bonds. The zero-order valence-corrected chi connectivity index (χ0v) is 12.2. The fraction of sp³-hybridized carbons (Fsp3) is 0.125. The van der Waals surface area contributed by atoms with Gasteiger partial charge in [0.2, 0.25) is 0 Å². The third-order valence-electron chi connectivity index (χ3n) is 3.78. The maximum absolute atomic E-state index is 12.3. The topological polar surface area (TPSA) is 82.8 Å². The number of amides is 1. The Balaban J connectivity index is 1.96. The van der Waals surface area contributed by atoms with Crippen molar-refractivity contribution in [2.75, 3.05) is 12.4 Å². The van der Waals surface area contributed by atoms with Gasteiger partial charge in [-0.2, -0.15) is 0 Å². The molecule has 4 rings (SSSR count). The van der Waals surface area contributed by atoms with E-state index < -0.39 is 0 Å². The number of hydrogen-bond donors (Lipinski definition) is 3. The van der Waals surface area contributed by atoms with Crippen molar-refractivity contribution in [3.05, 3.63) is 41.5 Å². The molecule has 0 saturated carbocycles. The van der Waals surface area contributed by atoms with Gasteiger partial charge in [-0.15, -0.1) is 0 Å². The molecular formula is C16H14N4O2. The van der Waals surface area contributed by atoms with Crippen molar-refractivity contribution in [2.24, 2.45) is 0 Å². The maximum Gasteiger partial charge on any atom is 0.256 e. The normalized spacial score (nSPS) is 15.4. The molecule has 1 aliphatic rings. The zero-order chi connectivity index (χ0) is 15.3. The summed E-state index contributed by atoms with van der Waals surface area (Å²) < 4.78 is 5.28. The Kier molecular flexibility index (Phi) is 2.59. The lowest BCUT2D eigenvalue weighted by atomic mass is 10.0. The molecule has 3 aromatic rings. The molecule has 1 aromatic carbocycles. The molecule has 3 N–H and O–H groups in total. The molecule has 22 heavy (non-hydrogen) atoms. The van der Waals surface area contributed by atoms with Crippen molar-refractivity contribution >= 4 is 34.3 Å². The number of rotatable bonds is 2. The van der Waals surface area contributed by atoms with Crippen LogP contribution in [0.15, 0.2) is 24.4 Å². The van der Waals surface area contributed by atoms with Crippen LogP contribution >= 0.6 is 0 Å². The molecule has 0 aliphatic carbocycles. The van der Waals surface area contributed by atoms with E-state index in [1.54, 1.807) is 19.4 Å². The highest BCUT2D eigenvalue weighted by Crippen LogP contribution is 2.38. The number of imidazole rings is 1. The summed E-state index contributed by atoms with van der Waals surface area (Å²) in [6, 6.07) is 5.63. The maximum atomic E-state index is 12.3. The van der Waals surface area contributed by atoms with Crippen LogP contribution in [-0.4, -0.2) is 28.0 Å². The number of carbonyl (C=O) groups is 1. The number of aromatic amines is 2. The molecule has 0 atom stereocenters. The summed E-state index contributed by atoms with van der Waals surface area (Å²) in [5.41, 5.74) is 4.64. The molecular weight excluding hydrogens is 280 g/mol. The van der Waals surface area contributed by atoms with Gasteiger partial charge in [-0.25, -0.2) is 4.98 Å². The first-order chi connectivity index (χ1) is 10.7. The van der Waals surface area contributed by atoms with E-state index in [4.69, 9.17) is 4.74 Å². The fourth-order valence-electron chi connectivity index (χ4n) is 2.82. The smallest absolute Gasteiger partial charge is 0.256 e. The zero-order valence-electron chi connectivity index (χ0n) is 12.2. The van der Waals surface area contributed by atoms with Gasteiger partial charge < -0.3 is 20.0 Å². The number of aryl methyl sites for hydroxylation is 1. The Labute approximate surface area is 126 Å². The van der Waals surface area contributed by atoms with Gasteiger partial charge in [0.05, 0.1) is 35.1 Å². The predicted octanol–water partition coefficient (Wildman–Crippen LogP) is 2.70. The highest BCUT2D eigenvalue weighted by Gasteiger charge is 2.28. The van der Waals surface area contributed by atoms with Crippen LogP contribution in [0.1, 0.15) is 17.1 Å². The lowest BCUT2D eigenvalue weighted by Gasteiger charge is -2.01. The Morgan fingerprint density at radius 3 is 2.95 bits per heavy atom. The van der Waals surface area contributed by atoms with Gasteiger partial charge in [-0.05, 0) is 31.2 Å². The van der Waals surface area contributed by atoms with E-state index in [0.29, 0.717) is 11.3 Å². The minimum atomic E-state index is -0.139. The van der Waals surface area contributed by atoms with Crippen LogP contribution < -0.4 is 10.1 Å². The molecule has 0 unspecified atom stereocenters. The largest absolute Gasteiger partial charge is 0.495 e. The number of methoxy groups -OCH3 is 1. The van der Waals surface area contributed by atoms with E-state index >= 15 is 0 Å². The van der Waals surface area contributed by atoms with Gasteiger partial charge in [0, 0.05) is 11.8 Å². The van der Waals surface area contributed by atoms with Crippen molar-refractivity contribution < 1.29 is 9.53 Å². The summed E-state index contributed by atoms with van der Waals surface area (Å²) in [5, 5.41) is 2.88. The second kappa shape index (κ2) is 4.49. The molecule has 0 radical (unpaired) electrons. The van der Waals surface area contributed by atoms with E-state index in [-0.39, 0.29) is 5.91 Å². The lowest BCUT2D eigenvalue weighted by Crippen LogP contribution is -2.03. The van der Waals surface area contributed by atoms with E-state index in [9.17, 15) is 4.79 Å². The molecule has 3 heterocycles. The van der Waals surface area contributed by atoms with Crippen molar-refractivity contribution in [1.29, 1.82) is 0 Å². The van der Waals surface area contributed by atoms with E-state index in [2.05, 4.69) is 20.3 Å². The Morgan fingerprint density at radius 2 is 2.14 bits per heavy atom. The standard InChI is InChI=1S/C16H14N4O2/c1-8-18-11-4-3-10-14(15(11)19-8)9(16(21)20-10)7-12-13(22-2)5-6-17-12/h3-7,17H,1-2H3,(H,18,19)(H,20,21). The fourth-order valence-corrected chi connectivity index (χ4v) is 2.82. The summed E-state index contributed by atoms with van der Waals surface area (Å²) >= 11 is 0. The van der Waals surface area contributed by atoms with Gasteiger partial charge >= 0.3 is 0 Å². The van der Waals surface area contributed by atoms with E-state index in [1.807, 2.05) is 25.1 Å². The second-order valence-electron chi connectivity index (χ2n) is 5.18. The molecule has 0 bridgehead atoms. The molecule has 0 fully saturated rings. The van der Waals surface area contributed by atoms with E-state index in [0.717, 1.165) is 33.8 Å². The number of fused-ring (bicyclic) bond motifs is 3. The number of hydrogen-bond acceptors (Lipinski definition) is 3. The number of ether oxygens (including phenoxy) is 1. The number of nitrogens with one attached hydrogen (secondary N) is 3. The highest BCUT2D eigenvalue weighted by molar-refractivity contribution is 6.37. The quantitative estimate of drug-likeness (QED) is 0.635. The molecule has 1 aliphatic heterocycles. The summed E-state index contributed by atoms with van der Waals surface area (Å²) in [6.45, 7) is 1.90. The predicted molar refractivity (Wildman–Crippen MR) is 84.7 cm³/mol. The van der Waals surface area contributed by atoms with Crippen LogP contribution in [0.2, 0.25) is 0 Å². The van der Waals surface area contributed by atoms with Crippen molar-refractivity contribution in [1.82, 2.24) is 15.0 Å². The minimum Gasteiger partial charge on any atom is -0.495 e. The average Bonchev–Trinajstić information content (AvgIpc) is 3.16. The molecule has 6 nitrogen and oxygen atoms in total. The van der Waals surface area contributed by atoms with Crippen LogP contribution in [-0.2, 0) is 4.79 Å². The highest BCUT2D eigenvalue weighted by atomic mass is 16.5. The Bertz CT molecular complexity index is 933. The first-order valence-corrected chi connectivity index (χ1v) is 6.91. The number of nitrogens with zero attached hydrogens (tertiary/aromatic N) is 1. The van der Waals surface area contributed by atoms with Gasteiger partial charge in [-0.1, -0.05) is 0 Å². The minimum absolute atomic E-state index is 0.139. The molecule has 110 valence electrons. The van der Waals surface area contributed by atoms with E-state index in [1.165, 1.54) is 0 Å². The third kappa shape index (κ3) is 1.74. The number of carbonyl (C=O) groups excluding carboxylic acids is 1. The van der Waals surface area contributed by atoms with Crippen LogP contribution in [0.5, 0.6) is 5.75 Å². The first kappa shape index (κ1) is 12.7. The van der Waals surface area contributed by atoms with Gasteiger partial charge in [0.1, 0.15) is 11.6 Å². The van der Waals surface area contributed by atoms with Crippen molar-refractivity contribution in [2.45, 2.75) is 6.92 Å². The van der Waals surface area contributed by atoms with Crippen LogP contribution in [0, 0.1) is 6.92 Å². The lowest BCUT2D eigenvalue weighted by molar-refractivity contribution is -0.110. The summed E-state index contributed by atoms with van der Waals surface area (Å²) in [4.78, 5) is 23.1. The van der Waals surface area contributed by atoms with Crippen LogP contribution in [0.25, 0.3) is 22.7 Å². The SMILES string of the molecule is COc1cc[nH]c1C=C1C(=O)Nc2ccc3[nH]c(C)nc3c21. The Hall–Kier alpha value is -3.02. The summed E-state index contributed by atoms with van der Waals surface area (Å²) in [5.74, 6) is 1.37. The van der Waals surface area contributed by atoms with Crippen LogP contribution in [0.3, 0.4) is 0 Å². The van der Waals surface area contributed by atoms with Crippen molar-refractivity contribution in [3.63, 3.8) is 0 Å². The molecule has 6 heteroatoms. The number of benzene rings is 1. The van der Waals surface area contributed by atoms with Crippen molar-refractivity contribution in [3.8, 4) is 5.75 Å². The van der Waals surface area contributed by atoms with Gasteiger partial charge in [-0.3, -0.25) is 4.79 Å². The average molecular weight is 294 g/mol. The Morgan fingerprint density at radius 1 is 1.27 bits per heavy atom. The summed E-state index contributed by atoms with van der Waals surface area (Å²) in [7, 11) is 1.60. The van der Waals surface area contributed by atoms with Gasteiger partial charge in [0.25, 0.3) is 5.91 Å². The number of aromatic nitrogens is 3.